The Kier molecular flexibility index (Phi) is 3.60. The average Bonchev–Trinajstić information content (AvgIpc) is 2.15. The van der Waals surface area contributed by atoms with Crippen molar-refractivity contribution in [3.05, 3.63) is 0 Å². The first-order valence-corrected chi connectivity index (χ1v) is 6.84. The summed E-state index contributed by atoms with van der Waals surface area (Å²) in [5.74, 6) is 0. The zero-order valence-corrected chi connectivity index (χ0v) is 11.1. The summed E-state index contributed by atoms with van der Waals surface area (Å²) in [7, 11) is 1.87. The molecule has 16 heavy (non-hydrogen) atoms. The van der Waals surface area contributed by atoms with Gasteiger partial charge in [-0.15, -0.1) is 0 Å². The van der Waals surface area contributed by atoms with Gasteiger partial charge in [-0.2, -0.15) is 0 Å². The molecule has 0 heterocycles. The van der Waals surface area contributed by atoms with Crippen LogP contribution in [0.1, 0.15) is 58.8 Å². The van der Waals surface area contributed by atoms with Gasteiger partial charge in [0.15, 0.2) is 0 Å². The zero-order valence-electron chi connectivity index (χ0n) is 11.1. The molecular formula is C14H27NO. The Balaban J connectivity index is 1.77. The number of rotatable bonds is 4. The summed E-state index contributed by atoms with van der Waals surface area (Å²) in [5.41, 5.74) is 0.720. The van der Waals surface area contributed by atoms with Crippen LogP contribution in [-0.2, 0) is 4.74 Å². The van der Waals surface area contributed by atoms with Gasteiger partial charge in [-0.1, -0.05) is 20.3 Å². The molecule has 0 aromatic heterocycles. The van der Waals surface area contributed by atoms with E-state index in [1.165, 1.54) is 44.9 Å². The summed E-state index contributed by atoms with van der Waals surface area (Å²) in [6.45, 7) is 5.86. The fourth-order valence-electron chi connectivity index (χ4n) is 3.23. The predicted molar refractivity (Wildman–Crippen MR) is 67.6 cm³/mol. The molecule has 2 fully saturated rings. The Bertz CT molecular complexity index is 227. The number of methoxy groups -OCH3 is 1. The Morgan fingerprint density at radius 1 is 1.19 bits per heavy atom. The molecule has 0 amide bonds. The van der Waals surface area contributed by atoms with E-state index in [0.717, 1.165) is 12.6 Å². The van der Waals surface area contributed by atoms with E-state index < -0.39 is 0 Å². The number of hydrogen-bond acceptors (Lipinski definition) is 2. The molecule has 2 aliphatic rings. The molecule has 2 aliphatic carbocycles. The van der Waals surface area contributed by atoms with Crippen LogP contribution in [0.15, 0.2) is 0 Å². The Morgan fingerprint density at radius 3 is 2.44 bits per heavy atom. The van der Waals surface area contributed by atoms with E-state index in [-0.39, 0.29) is 5.60 Å². The SMILES string of the molecule is COC1(CNC2CCCC(C)(C)C2)CCC1. The van der Waals surface area contributed by atoms with Crippen molar-refractivity contribution in [3.63, 3.8) is 0 Å². The highest BCUT2D eigenvalue weighted by Crippen LogP contribution is 2.37. The number of hydrogen-bond donors (Lipinski definition) is 1. The molecule has 0 bridgehead atoms. The molecule has 1 unspecified atom stereocenters. The monoisotopic (exact) mass is 225 g/mol. The van der Waals surface area contributed by atoms with Crippen molar-refractivity contribution >= 4 is 0 Å². The highest BCUT2D eigenvalue weighted by Gasteiger charge is 2.38. The quantitative estimate of drug-likeness (QED) is 0.794. The zero-order chi connectivity index (χ0) is 11.6. The van der Waals surface area contributed by atoms with Crippen LogP contribution in [0.5, 0.6) is 0 Å². The Labute approximate surface area is 100 Å². The molecule has 2 nitrogen and oxygen atoms in total. The second-order valence-corrected chi connectivity index (χ2v) is 6.58. The second-order valence-electron chi connectivity index (χ2n) is 6.58. The van der Waals surface area contributed by atoms with E-state index in [1.807, 2.05) is 7.11 Å². The summed E-state index contributed by atoms with van der Waals surface area (Å²) >= 11 is 0. The maximum atomic E-state index is 5.65. The van der Waals surface area contributed by atoms with E-state index >= 15 is 0 Å². The second kappa shape index (κ2) is 4.66. The molecule has 1 N–H and O–H groups in total. The molecule has 2 rings (SSSR count). The average molecular weight is 225 g/mol. The fourth-order valence-corrected chi connectivity index (χ4v) is 3.23. The van der Waals surface area contributed by atoms with Gasteiger partial charge in [-0.05, 0) is 43.9 Å². The standard InChI is InChI=1S/C14H27NO/c1-13(2)7-4-6-12(10-13)15-11-14(16-3)8-5-9-14/h12,15H,4-11H2,1-3H3. The van der Waals surface area contributed by atoms with Crippen molar-refractivity contribution < 1.29 is 4.74 Å². The number of nitrogens with one attached hydrogen (secondary N) is 1. The van der Waals surface area contributed by atoms with Crippen LogP contribution in [-0.4, -0.2) is 25.3 Å². The first kappa shape index (κ1) is 12.4. The van der Waals surface area contributed by atoms with Gasteiger partial charge in [0, 0.05) is 19.7 Å². The van der Waals surface area contributed by atoms with Crippen molar-refractivity contribution in [2.24, 2.45) is 5.41 Å². The van der Waals surface area contributed by atoms with Crippen LogP contribution >= 0.6 is 0 Å². The summed E-state index contributed by atoms with van der Waals surface area (Å²) < 4.78 is 5.65. The maximum Gasteiger partial charge on any atom is 0.0802 e. The highest BCUT2D eigenvalue weighted by molar-refractivity contribution is 4.93. The van der Waals surface area contributed by atoms with Crippen LogP contribution in [0.4, 0.5) is 0 Å². The normalized spacial score (nSPS) is 32.1. The number of ether oxygens (including phenoxy) is 1. The molecule has 0 aromatic carbocycles. The molecule has 1 atom stereocenters. The van der Waals surface area contributed by atoms with Gasteiger partial charge >= 0.3 is 0 Å². The molecular weight excluding hydrogens is 198 g/mol. The summed E-state index contributed by atoms with van der Waals surface area (Å²) in [6, 6.07) is 0.719. The minimum absolute atomic E-state index is 0.182. The lowest BCUT2D eigenvalue weighted by Gasteiger charge is -2.43. The van der Waals surface area contributed by atoms with Gasteiger partial charge in [-0.25, -0.2) is 0 Å². The fraction of sp³-hybridized carbons (Fsp3) is 1.00. The van der Waals surface area contributed by atoms with Crippen molar-refractivity contribution in [2.45, 2.75) is 70.4 Å². The molecule has 2 heteroatoms. The minimum Gasteiger partial charge on any atom is -0.377 e. The Morgan fingerprint density at radius 2 is 1.94 bits per heavy atom. The van der Waals surface area contributed by atoms with E-state index in [2.05, 4.69) is 19.2 Å². The minimum atomic E-state index is 0.182. The summed E-state index contributed by atoms with van der Waals surface area (Å²) in [4.78, 5) is 0. The third kappa shape index (κ3) is 2.78. The van der Waals surface area contributed by atoms with Gasteiger partial charge in [0.2, 0.25) is 0 Å². The van der Waals surface area contributed by atoms with E-state index in [0.29, 0.717) is 5.41 Å². The van der Waals surface area contributed by atoms with E-state index in [9.17, 15) is 0 Å². The first-order valence-electron chi connectivity index (χ1n) is 6.84. The van der Waals surface area contributed by atoms with Crippen LogP contribution in [0.3, 0.4) is 0 Å². The van der Waals surface area contributed by atoms with Crippen LogP contribution < -0.4 is 5.32 Å². The lowest BCUT2D eigenvalue weighted by molar-refractivity contribution is -0.0721. The van der Waals surface area contributed by atoms with Gasteiger partial charge in [0.25, 0.3) is 0 Å². The predicted octanol–water partition coefficient (Wildman–Crippen LogP) is 3.11. The van der Waals surface area contributed by atoms with Gasteiger partial charge in [0.1, 0.15) is 0 Å². The Hall–Kier alpha value is -0.0800. The largest absolute Gasteiger partial charge is 0.377 e. The molecule has 2 saturated carbocycles. The highest BCUT2D eigenvalue weighted by atomic mass is 16.5. The summed E-state index contributed by atoms with van der Waals surface area (Å²) in [5, 5.41) is 3.75. The molecule has 94 valence electrons. The van der Waals surface area contributed by atoms with Crippen LogP contribution in [0.2, 0.25) is 0 Å². The van der Waals surface area contributed by atoms with Gasteiger partial charge in [0.05, 0.1) is 5.60 Å². The topological polar surface area (TPSA) is 21.3 Å². The molecule has 0 saturated heterocycles. The summed E-state index contributed by atoms with van der Waals surface area (Å²) in [6.07, 6.45) is 9.27. The molecule has 0 aliphatic heterocycles. The lowest BCUT2D eigenvalue weighted by atomic mass is 9.74. The van der Waals surface area contributed by atoms with Crippen molar-refractivity contribution in [2.75, 3.05) is 13.7 Å². The third-order valence-corrected chi connectivity index (χ3v) is 4.62. The maximum absolute atomic E-state index is 5.65. The molecule has 0 spiro atoms. The van der Waals surface area contributed by atoms with Crippen molar-refractivity contribution in [1.82, 2.24) is 5.32 Å². The van der Waals surface area contributed by atoms with Gasteiger partial charge in [-0.3, -0.25) is 0 Å². The van der Waals surface area contributed by atoms with Gasteiger partial charge < -0.3 is 10.1 Å². The van der Waals surface area contributed by atoms with Crippen LogP contribution in [0.25, 0.3) is 0 Å². The lowest BCUT2D eigenvalue weighted by Crippen LogP contribution is -2.51. The van der Waals surface area contributed by atoms with E-state index in [4.69, 9.17) is 4.74 Å². The van der Waals surface area contributed by atoms with Crippen LogP contribution in [0, 0.1) is 5.41 Å². The molecule has 0 radical (unpaired) electrons. The molecule has 0 aromatic rings. The van der Waals surface area contributed by atoms with Crippen molar-refractivity contribution in [3.8, 4) is 0 Å². The van der Waals surface area contributed by atoms with E-state index in [1.54, 1.807) is 0 Å². The third-order valence-electron chi connectivity index (χ3n) is 4.62. The smallest absolute Gasteiger partial charge is 0.0802 e. The van der Waals surface area contributed by atoms with Crippen molar-refractivity contribution in [1.29, 1.82) is 0 Å². The first-order chi connectivity index (χ1) is 7.55.